The van der Waals surface area contributed by atoms with Crippen LogP contribution in [0.4, 0.5) is 5.69 Å². The summed E-state index contributed by atoms with van der Waals surface area (Å²) in [5, 5.41) is 2.71. The van der Waals surface area contributed by atoms with Gasteiger partial charge >= 0.3 is 0 Å². The zero-order valence-electron chi connectivity index (χ0n) is 9.36. The quantitative estimate of drug-likeness (QED) is 0.792. The molecular formula is C13H13NO3. The number of carbonyl (C=O) groups excluding carboxylic acids is 2. The van der Waals surface area contributed by atoms with E-state index in [2.05, 4.69) is 5.32 Å². The molecule has 1 aromatic carbocycles. The minimum atomic E-state index is -0.175. The smallest absolute Gasteiger partial charge is 0.262 e. The van der Waals surface area contributed by atoms with Gasteiger partial charge < -0.3 is 10.1 Å². The van der Waals surface area contributed by atoms with E-state index in [1.54, 1.807) is 18.2 Å². The van der Waals surface area contributed by atoms with Gasteiger partial charge in [-0.05, 0) is 31.0 Å². The van der Waals surface area contributed by atoms with Crippen molar-refractivity contribution in [2.75, 3.05) is 11.9 Å². The molecule has 4 heteroatoms. The summed E-state index contributed by atoms with van der Waals surface area (Å²) in [7, 11) is 0. The van der Waals surface area contributed by atoms with Gasteiger partial charge in [0.2, 0.25) is 0 Å². The van der Waals surface area contributed by atoms with E-state index in [1.807, 2.05) is 0 Å². The molecule has 0 aromatic heterocycles. The standard InChI is InChI=1S/C13H13NO3/c15-12-7-17-11-5-4-9(6-10(11)14-12)13(16)8-2-1-3-8/h4-6,8H,1-3,7H2,(H,14,15). The van der Waals surface area contributed by atoms with E-state index in [1.165, 1.54) is 0 Å². The van der Waals surface area contributed by atoms with Gasteiger partial charge in [-0.1, -0.05) is 6.42 Å². The van der Waals surface area contributed by atoms with Crippen molar-refractivity contribution in [2.45, 2.75) is 19.3 Å². The second-order valence-electron chi connectivity index (χ2n) is 4.54. The van der Waals surface area contributed by atoms with E-state index in [0.717, 1.165) is 19.3 Å². The number of hydrogen-bond donors (Lipinski definition) is 1. The van der Waals surface area contributed by atoms with Crippen molar-refractivity contribution in [3.63, 3.8) is 0 Å². The van der Waals surface area contributed by atoms with Gasteiger partial charge in [0.15, 0.2) is 12.4 Å². The lowest BCUT2D eigenvalue weighted by atomic mass is 9.80. The molecule has 1 N–H and O–H groups in total. The molecule has 17 heavy (non-hydrogen) atoms. The molecule has 0 spiro atoms. The topological polar surface area (TPSA) is 55.4 Å². The molecule has 4 nitrogen and oxygen atoms in total. The molecule has 1 amide bonds. The normalized spacial score (nSPS) is 18.7. The van der Waals surface area contributed by atoms with Gasteiger partial charge in [-0.2, -0.15) is 0 Å². The lowest BCUT2D eigenvalue weighted by Crippen LogP contribution is -2.26. The van der Waals surface area contributed by atoms with Crippen LogP contribution in [0.2, 0.25) is 0 Å². The van der Waals surface area contributed by atoms with E-state index >= 15 is 0 Å². The number of amides is 1. The molecule has 1 aromatic rings. The number of fused-ring (bicyclic) bond motifs is 1. The van der Waals surface area contributed by atoms with Crippen LogP contribution in [0.1, 0.15) is 29.6 Å². The number of ether oxygens (including phenoxy) is 1. The number of benzene rings is 1. The van der Waals surface area contributed by atoms with Crippen LogP contribution in [0.3, 0.4) is 0 Å². The highest BCUT2D eigenvalue weighted by Crippen LogP contribution is 2.33. The van der Waals surface area contributed by atoms with Crippen LogP contribution in [-0.2, 0) is 4.79 Å². The number of hydrogen-bond acceptors (Lipinski definition) is 3. The van der Waals surface area contributed by atoms with Crippen LogP contribution >= 0.6 is 0 Å². The predicted molar refractivity (Wildman–Crippen MR) is 62.2 cm³/mol. The Labute approximate surface area is 99.0 Å². The number of anilines is 1. The summed E-state index contributed by atoms with van der Waals surface area (Å²) in [4.78, 5) is 23.2. The molecule has 1 saturated carbocycles. The molecule has 0 bridgehead atoms. The SMILES string of the molecule is O=C1COc2ccc(C(=O)C3CCC3)cc2N1. The van der Waals surface area contributed by atoms with Gasteiger partial charge in [0.25, 0.3) is 5.91 Å². The van der Waals surface area contributed by atoms with Crippen molar-refractivity contribution < 1.29 is 14.3 Å². The molecule has 1 heterocycles. The van der Waals surface area contributed by atoms with Gasteiger partial charge in [0.05, 0.1) is 5.69 Å². The Kier molecular flexibility index (Phi) is 2.35. The van der Waals surface area contributed by atoms with Crippen LogP contribution in [0.15, 0.2) is 18.2 Å². The summed E-state index contributed by atoms with van der Waals surface area (Å²) in [6, 6.07) is 5.24. The number of carbonyl (C=O) groups is 2. The highest BCUT2D eigenvalue weighted by atomic mass is 16.5. The third-order valence-electron chi connectivity index (χ3n) is 3.37. The molecule has 2 aliphatic rings. The molecule has 0 atom stereocenters. The lowest BCUT2D eigenvalue weighted by molar-refractivity contribution is -0.118. The Hall–Kier alpha value is -1.84. The Bertz CT molecular complexity index is 491. The minimum absolute atomic E-state index is 0.0446. The summed E-state index contributed by atoms with van der Waals surface area (Å²) < 4.78 is 5.25. The number of ketones is 1. The molecular weight excluding hydrogens is 218 g/mol. The third kappa shape index (κ3) is 1.79. The maximum absolute atomic E-state index is 12.0. The largest absolute Gasteiger partial charge is 0.482 e. The molecule has 0 saturated heterocycles. The van der Waals surface area contributed by atoms with E-state index in [4.69, 9.17) is 4.74 Å². The molecule has 0 radical (unpaired) electrons. The first-order chi connectivity index (χ1) is 8.24. The summed E-state index contributed by atoms with van der Waals surface area (Å²) in [5.41, 5.74) is 1.27. The van der Waals surface area contributed by atoms with Crippen molar-refractivity contribution in [2.24, 2.45) is 5.92 Å². The van der Waals surface area contributed by atoms with Crippen molar-refractivity contribution >= 4 is 17.4 Å². The Morgan fingerprint density at radius 2 is 2.18 bits per heavy atom. The first-order valence-electron chi connectivity index (χ1n) is 5.85. The third-order valence-corrected chi connectivity index (χ3v) is 3.37. The van der Waals surface area contributed by atoms with Crippen LogP contribution in [0, 0.1) is 5.92 Å². The van der Waals surface area contributed by atoms with Gasteiger partial charge in [0.1, 0.15) is 5.75 Å². The van der Waals surface area contributed by atoms with Crippen LogP contribution in [0.5, 0.6) is 5.75 Å². The minimum Gasteiger partial charge on any atom is -0.482 e. The average molecular weight is 231 g/mol. The van der Waals surface area contributed by atoms with E-state index in [0.29, 0.717) is 17.0 Å². The average Bonchev–Trinajstić information content (AvgIpc) is 2.25. The summed E-state index contributed by atoms with van der Waals surface area (Å²) >= 11 is 0. The molecule has 1 fully saturated rings. The first kappa shape index (κ1) is 10.3. The van der Waals surface area contributed by atoms with Crippen LogP contribution in [-0.4, -0.2) is 18.3 Å². The fraction of sp³-hybridized carbons (Fsp3) is 0.385. The molecule has 1 aliphatic heterocycles. The summed E-state index contributed by atoms with van der Waals surface area (Å²) in [5.74, 6) is 0.813. The summed E-state index contributed by atoms with van der Waals surface area (Å²) in [6.45, 7) is 0.0446. The molecule has 0 unspecified atom stereocenters. The number of rotatable bonds is 2. The van der Waals surface area contributed by atoms with E-state index in [-0.39, 0.29) is 24.2 Å². The van der Waals surface area contributed by atoms with Gasteiger partial charge in [-0.3, -0.25) is 9.59 Å². The van der Waals surface area contributed by atoms with Gasteiger partial charge in [0, 0.05) is 11.5 Å². The Morgan fingerprint density at radius 1 is 1.35 bits per heavy atom. The van der Waals surface area contributed by atoms with Gasteiger partial charge in [-0.15, -0.1) is 0 Å². The fourth-order valence-corrected chi connectivity index (χ4v) is 2.14. The maximum Gasteiger partial charge on any atom is 0.262 e. The maximum atomic E-state index is 12.0. The molecule has 1 aliphatic carbocycles. The predicted octanol–water partition coefficient (Wildman–Crippen LogP) is 2.00. The van der Waals surface area contributed by atoms with E-state index in [9.17, 15) is 9.59 Å². The monoisotopic (exact) mass is 231 g/mol. The molecule has 88 valence electrons. The highest BCUT2D eigenvalue weighted by molar-refractivity contribution is 6.02. The second kappa shape index (κ2) is 3.87. The van der Waals surface area contributed by atoms with Crippen molar-refractivity contribution in [3.05, 3.63) is 23.8 Å². The van der Waals surface area contributed by atoms with Crippen molar-refractivity contribution in [1.82, 2.24) is 0 Å². The van der Waals surface area contributed by atoms with Gasteiger partial charge in [-0.25, -0.2) is 0 Å². The zero-order chi connectivity index (χ0) is 11.8. The first-order valence-corrected chi connectivity index (χ1v) is 5.85. The Balaban J connectivity index is 1.89. The van der Waals surface area contributed by atoms with Crippen LogP contribution < -0.4 is 10.1 Å². The number of Topliss-reactive ketones (excluding diaryl/α,β-unsaturated/α-hetero) is 1. The second-order valence-corrected chi connectivity index (χ2v) is 4.54. The fourth-order valence-electron chi connectivity index (χ4n) is 2.14. The molecule has 3 rings (SSSR count). The number of nitrogens with one attached hydrogen (secondary N) is 1. The van der Waals surface area contributed by atoms with Crippen molar-refractivity contribution in [3.8, 4) is 5.75 Å². The Morgan fingerprint density at radius 3 is 2.88 bits per heavy atom. The summed E-state index contributed by atoms with van der Waals surface area (Å²) in [6.07, 6.45) is 3.11. The van der Waals surface area contributed by atoms with Crippen LogP contribution in [0.25, 0.3) is 0 Å². The van der Waals surface area contributed by atoms with E-state index < -0.39 is 0 Å². The lowest BCUT2D eigenvalue weighted by Gasteiger charge is -2.24. The highest BCUT2D eigenvalue weighted by Gasteiger charge is 2.27. The zero-order valence-corrected chi connectivity index (χ0v) is 9.36. The van der Waals surface area contributed by atoms with Crippen molar-refractivity contribution in [1.29, 1.82) is 0 Å².